The average molecular weight is 105 g/mol. The van der Waals surface area contributed by atoms with Crippen LogP contribution in [0.2, 0.25) is 0 Å². The van der Waals surface area contributed by atoms with Crippen molar-refractivity contribution in [3.8, 4) is 0 Å². The van der Waals surface area contributed by atoms with Crippen LogP contribution in [0.4, 0.5) is 4.39 Å². The van der Waals surface area contributed by atoms with Crippen molar-refractivity contribution in [1.82, 2.24) is 4.98 Å². The van der Waals surface area contributed by atoms with Gasteiger partial charge >= 0.3 is 18.9 Å². The molecule has 3 heteroatoms. The maximum absolute atomic E-state index is 11.8. The van der Waals surface area contributed by atoms with Gasteiger partial charge in [-0.05, 0) is 12.1 Å². The molecule has 0 saturated carbocycles. The Morgan fingerprint density at radius 3 is 2.38 bits per heavy atom. The number of aromatic nitrogens is 1. The second-order valence-electron chi connectivity index (χ2n) is 1.15. The molecule has 0 unspecified atom stereocenters. The fraction of sp³-hybridized carbons (Fsp3) is 0. The molecule has 38 valence electrons. The SMILES string of the molecule is Fc1ccccn1.[LiH]. The fourth-order valence-corrected chi connectivity index (χ4v) is 0.342. The van der Waals surface area contributed by atoms with Crippen LogP contribution in [0, 0.1) is 5.95 Å². The van der Waals surface area contributed by atoms with Gasteiger partial charge in [-0.2, -0.15) is 4.39 Å². The Morgan fingerprint density at radius 2 is 2.12 bits per heavy atom. The van der Waals surface area contributed by atoms with E-state index in [1.165, 1.54) is 12.3 Å². The van der Waals surface area contributed by atoms with Crippen LogP contribution in [0.1, 0.15) is 0 Å². The summed E-state index contributed by atoms with van der Waals surface area (Å²) in [6.45, 7) is 0. The molecule has 0 aliphatic heterocycles. The van der Waals surface area contributed by atoms with E-state index in [1.807, 2.05) is 0 Å². The van der Waals surface area contributed by atoms with Gasteiger partial charge in [-0.25, -0.2) is 4.98 Å². The molecule has 0 spiro atoms. The molecule has 0 aliphatic carbocycles. The zero-order valence-electron chi connectivity index (χ0n) is 3.63. The molecular weight excluding hydrogens is 100 g/mol. The van der Waals surface area contributed by atoms with Crippen molar-refractivity contribution in [2.45, 2.75) is 0 Å². The molecule has 0 aromatic carbocycles. The Kier molecular flexibility index (Phi) is 3.50. The molecule has 1 aromatic heterocycles. The van der Waals surface area contributed by atoms with Gasteiger partial charge in [0.2, 0.25) is 5.95 Å². The van der Waals surface area contributed by atoms with Crippen molar-refractivity contribution in [1.29, 1.82) is 0 Å². The average Bonchev–Trinajstić information content (AvgIpc) is 1.69. The second-order valence-corrected chi connectivity index (χ2v) is 1.15. The van der Waals surface area contributed by atoms with Crippen LogP contribution in [0.25, 0.3) is 0 Å². The first kappa shape index (κ1) is 7.68. The molecule has 0 fully saturated rings. The summed E-state index contributed by atoms with van der Waals surface area (Å²) in [4.78, 5) is 3.31. The van der Waals surface area contributed by atoms with Crippen molar-refractivity contribution in [2.24, 2.45) is 0 Å². The Bertz CT molecular complexity index is 142. The first-order chi connectivity index (χ1) is 3.39. The van der Waals surface area contributed by atoms with Gasteiger partial charge in [0.25, 0.3) is 0 Å². The van der Waals surface area contributed by atoms with E-state index in [0.717, 1.165) is 0 Å². The van der Waals surface area contributed by atoms with E-state index in [9.17, 15) is 4.39 Å². The first-order valence-corrected chi connectivity index (χ1v) is 1.96. The first-order valence-electron chi connectivity index (χ1n) is 1.96. The van der Waals surface area contributed by atoms with Crippen LogP contribution in [-0.4, -0.2) is 23.8 Å². The molecule has 0 atom stereocenters. The van der Waals surface area contributed by atoms with Crippen molar-refractivity contribution >= 4 is 18.9 Å². The second kappa shape index (κ2) is 3.65. The summed E-state index contributed by atoms with van der Waals surface area (Å²) in [6, 6.07) is 4.57. The summed E-state index contributed by atoms with van der Waals surface area (Å²) in [5, 5.41) is 0. The van der Waals surface area contributed by atoms with E-state index in [2.05, 4.69) is 4.98 Å². The van der Waals surface area contributed by atoms with Crippen molar-refractivity contribution < 1.29 is 4.39 Å². The minimum atomic E-state index is -0.428. The predicted molar refractivity (Wildman–Crippen MR) is 31.3 cm³/mol. The molecule has 1 rings (SSSR count). The molecule has 0 saturated heterocycles. The molecule has 1 heterocycles. The van der Waals surface area contributed by atoms with Gasteiger partial charge in [0.05, 0.1) is 0 Å². The van der Waals surface area contributed by atoms with Gasteiger partial charge in [-0.3, -0.25) is 0 Å². The Labute approximate surface area is 59.1 Å². The quantitative estimate of drug-likeness (QED) is 0.347. The summed E-state index contributed by atoms with van der Waals surface area (Å²) in [6.07, 6.45) is 1.41. The normalized spacial score (nSPS) is 7.62. The molecule has 1 nitrogen and oxygen atoms in total. The molecule has 0 radical (unpaired) electrons. The molecule has 1 aromatic rings. The topological polar surface area (TPSA) is 12.9 Å². The maximum atomic E-state index is 11.8. The summed E-state index contributed by atoms with van der Waals surface area (Å²) < 4.78 is 11.8. The number of nitrogens with zero attached hydrogens (tertiary/aromatic N) is 1. The van der Waals surface area contributed by atoms with Gasteiger partial charge in [0.1, 0.15) is 0 Å². The van der Waals surface area contributed by atoms with Crippen LogP contribution in [0.5, 0.6) is 0 Å². The molecule has 0 N–H and O–H groups in total. The van der Waals surface area contributed by atoms with Crippen molar-refractivity contribution in [3.05, 3.63) is 30.3 Å². The Balaban J connectivity index is 0.000000490. The third-order valence-electron chi connectivity index (χ3n) is 0.629. The van der Waals surface area contributed by atoms with E-state index in [4.69, 9.17) is 0 Å². The summed E-state index contributed by atoms with van der Waals surface area (Å²) >= 11 is 0. The summed E-state index contributed by atoms with van der Waals surface area (Å²) in [5.74, 6) is -0.428. The summed E-state index contributed by atoms with van der Waals surface area (Å²) in [5.41, 5.74) is 0. The third-order valence-corrected chi connectivity index (χ3v) is 0.629. The molecule has 0 bridgehead atoms. The van der Waals surface area contributed by atoms with Gasteiger partial charge in [-0.15, -0.1) is 0 Å². The van der Waals surface area contributed by atoms with E-state index in [1.54, 1.807) is 12.1 Å². The van der Waals surface area contributed by atoms with Crippen molar-refractivity contribution in [3.63, 3.8) is 0 Å². The van der Waals surface area contributed by atoms with E-state index < -0.39 is 5.95 Å². The fourth-order valence-electron chi connectivity index (χ4n) is 0.342. The van der Waals surface area contributed by atoms with Crippen LogP contribution in [0.15, 0.2) is 24.4 Å². The molecule has 0 amide bonds. The zero-order chi connectivity index (χ0) is 5.11. The van der Waals surface area contributed by atoms with Crippen LogP contribution in [0.3, 0.4) is 0 Å². The minimum absolute atomic E-state index is 0. The van der Waals surface area contributed by atoms with Gasteiger partial charge in [0.15, 0.2) is 0 Å². The Hall–Kier alpha value is -0.323. The van der Waals surface area contributed by atoms with Gasteiger partial charge in [-0.1, -0.05) is 6.07 Å². The van der Waals surface area contributed by atoms with E-state index >= 15 is 0 Å². The van der Waals surface area contributed by atoms with Crippen LogP contribution < -0.4 is 0 Å². The van der Waals surface area contributed by atoms with E-state index in [-0.39, 0.29) is 18.9 Å². The standard InChI is InChI=1S/C5H4FN.Li.H/c6-5-3-1-2-4-7-5;;/h1-4H;;. The number of hydrogen-bond acceptors (Lipinski definition) is 1. The van der Waals surface area contributed by atoms with E-state index in [0.29, 0.717) is 0 Å². The third kappa shape index (κ3) is 2.11. The number of hydrogen-bond donors (Lipinski definition) is 0. The molecule has 0 aliphatic rings. The Morgan fingerprint density at radius 1 is 1.38 bits per heavy atom. The monoisotopic (exact) mass is 105 g/mol. The van der Waals surface area contributed by atoms with Crippen LogP contribution >= 0.6 is 0 Å². The number of pyridine rings is 1. The number of halogens is 1. The van der Waals surface area contributed by atoms with Crippen LogP contribution in [-0.2, 0) is 0 Å². The molecular formula is C5H5FLiN. The zero-order valence-corrected chi connectivity index (χ0v) is 3.63. The van der Waals surface area contributed by atoms with Gasteiger partial charge in [0, 0.05) is 6.20 Å². The number of rotatable bonds is 0. The predicted octanol–water partition coefficient (Wildman–Crippen LogP) is 0.572. The molecule has 8 heavy (non-hydrogen) atoms. The van der Waals surface area contributed by atoms with Gasteiger partial charge < -0.3 is 0 Å². The van der Waals surface area contributed by atoms with Crippen molar-refractivity contribution in [2.75, 3.05) is 0 Å². The summed E-state index contributed by atoms with van der Waals surface area (Å²) in [7, 11) is 0.